The molecule has 0 unspecified atom stereocenters. The Bertz CT molecular complexity index is 1350. The highest BCUT2D eigenvalue weighted by Crippen LogP contribution is 2.36. The molecule has 0 aliphatic rings. The minimum atomic E-state index is -4.58. The molecule has 3 aromatic rings. The average Bonchev–Trinajstić information content (AvgIpc) is 2.80. The van der Waals surface area contributed by atoms with Crippen LogP contribution in [0.3, 0.4) is 0 Å². The summed E-state index contributed by atoms with van der Waals surface area (Å²) in [5.74, 6) is -0.890. The average molecular weight is 568 g/mol. The van der Waals surface area contributed by atoms with Crippen LogP contribution in [0.25, 0.3) is 0 Å². The zero-order valence-corrected chi connectivity index (χ0v) is 21.1. The highest BCUT2D eigenvalue weighted by Gasteiger charge is 2.33. The Morgan fingerprint density at radius 3 is 2.44 bits per heavy atom. The number of hydrogen-bond donors (Lipinski definition) is 3. The van der Waals surface area contributed by atoms with Crippen LogP contribution < -0.4 is 27.2 Å². The number of nitrogens with zero attached hydrogens (tertiary/aromatic N) is 2. The third kappa shape index (κ3) is 6.36. The molecule has 1 aromatic heterocycles. The standard InChI is InChI=1S/C24H25BrF3N5O3/c1-14(2)12-32(19(34)11-30-16-8-9-18(25)17(10-16)24(26,27)28)20-21(29)33(23(36)31-22(20)35)13-15-6-4-3-5-7-15/h3-10,14,30H,11-13,29H2,1-2H3,(H,31,35,36). The third-order valence-corrected chi connectivity index (χ3v) is 5.92. The summed E-state index contributed by atoms with van der Waals surface area (Å²) in [5.41, 5.74) is 4.41. The van der Waals surface area contributed by atoms with Crippen molar-refractivity contribution in [2.45, 2.75) is 26.6 Å². The number of aromatic nitrogens is 2. The van der Waals surface area contributed by atoms with Crippen molar-refractivity contribution < 1.29 is 18.0 Å². The largest absolute Gasteiger partial charge is 0.417 e. The van der Waals surface area contributed by atoms with E-state index in [0.29, 0.717) is 0 Å². The van der Waals surface area contributed by atoms with E-state index in [-0.39, 0.29) is 40.7 Å². The van der Waals surface area contributed by atoms with Crippen LogP contribution >= 0.6 is 15.9 Å². The molecule has 36 heavy (non-hydrogen) atoms. The molecule has 0 radical (unpaired) electrons. The molecular weight excluding hydrogens is 543 g/mol. The number of carbonyl (C=O) groups is 1. The predicted molar refractivity (Wildman–Crippen MR) is 136 cm³/mol. The van der Waals surface area contributed by atoms with Crippen molar-refractivity contribution in [2.24, 2.45) is 5.92 Å². The number of amides is 1. The quantitative estimate of drug-likeness (QED) is 0.380. The van der Waals surface area contributed by atoms with Gasteiger partial charge >= 0.3 is 11.9 Å². The number of carbonyl (C=O) groups excluding carboxylic acids is 1. The Hall–Kier alpha value is -3.54. The van der Waals surface area contributed by atoms with Crippen LogP contribution in [0.5, 0.6) is 0 Å². The second-order valence-electron chi connectivity index (χ2n) is 8.51. The summed E-state index contributed by atoms with van der Waals surface area (Å²) in [4.78, 5) is 41.8. The molecule has 192 valence electrons. The molecule has 0 atom stereocenters. The molecule has 0 bridgehead atoms. The number of halogens is 4. The zero-order valence-electron chi connectivity index (χ0n) is 19.5. The number of aromatic amines is 1. The minimum absolute atomic E-state index is 0.0658. The van der Waals surface area contributed by atoms with Gasteiger partial charge in [0.05, 0.1) is 18.7 Å². The molecule has 1 amide bonds. The summed E-state index contributed by atoms with van der Waals surface area (Å²) in [7, 11) is 0. The van der Waals surface area contributed by atoms with Crippen LogP contribution in [-0.4, -0.2) is 28.5 Å². The number of hydrogen-bond acceptors (Lipinski definition) is 5. The van der Waals surface area contributed by atoms with Crippen LogP contribution in [0.2, 0.25) is 0 Å². The van der Waals surface area contributed by atoms with Crippen LogP contribution in [0.1, 0.15) is 25.0 Å². The van der Waals surface area contributed by atoms with Gasteiger partial charge in [0.1, 0.15) is 5.82 Å². The van der Waals surface area contributed by atoms with Crippen molar-refractivity contribution in [1.29, 1.82) is 0 Å². The summed E-state index contributed by atoms with van der Waals surface area (Å²) in [6.45, 7) is 3.38. The van der Waals surface area contributed by atoms with Crippen LogP contribution in [0.15, 0.2) is 62.6 Å². The highest BCUT2D eigenvalue weighted by molar-refractivity contribution is 9.10. The molecule has 12 heteroatoms. The Morgan fingerprint density at radius 2 is 1.83 bits per heavy atom. The molecular formula is C24H25BrF3N5O3. The van der Waals surface area contributed by atoms with Gasteiger partial charge < -0.3 is 16.0 Å². The maximum atomic E-state index is 13.2. The summed E-state index contributed by atoms with van der Waals surface area (Å²) >= 11 is 2.88. The summed E-state index contributed by atoms with van der Waals surface area (Å²) in [5, 5.41) is 2.68. The van der Waals surface area contributed by atoms with Crippen LogP contribution in [0.4, 0.5) is 30.4 Å². The monoisotopic (exact) mass is 567 g/mol. The first kappa shape index (κ1) is 27.1. The van der Waals surface area contributed by atoms with Crippen LogP contribution in [-0.2, 0) is 17.5 Å². The lowest BCUT2D eigenvalue weighted by molar-refractivity contribution is -0.138. The van der Waals surface area contributed by atoms with Gasteiger partial charge in [-0.25, -0.2) is 4.79 Å². The van der Waals surface area contributed by atoms with E-state index in [2.05, 4.69) is 26.2 Å². The maximum absolute atomic E-state index is 13.2. The molecule has 3 rings (SSSR count). The van der Waals surface area contributed by atoms with Gasteiger partial charge in [-0.3, -0.25) is 19.1 Å². The highest BCUT2D eigenvalue weighted by atomic mass is 79.9. The lowest BCUT2D eigenvalue weighted by atomic mass is 10.2. The molecule has 1 heterocycles. The van der Waals surface area contributed by atoms with Crippen molar-refractivity contribution in [1.82, 2.24) is 9.55 Å². The van der Waals surface area contributed by atoms with Crippen molar-refractivity contribution in [3.63, 3.8) is 0 Å². The van der Waals surface area contributed by atoms with E-state index < -0.39 is 35.4 Å². The number of nitrogen functional groups attached to an aromatic ring is 1. The number of nitrogens with two attached hydrogens (primary N) is 1. The molecule has 0 aliphatic heterocycles. The third-order valence-electron chi connectivity index (χ3n) is 5.23. The molecule has 0 saturated heterocycles. The van der Waals surface area contributed by atoms with E-state index >= 15 is 0 Å². The lowest BCUT2D eigenvalue weighted by Crippen LogP contribution is -2.44. The fraction of sp³-hybridized carbons (Fsp3) is 0.292. The maximum Gasteiger partial charge on any atom is 0.417 e. The lowest BCUT2D eigenvalue weighted by Gasteiger charge is -2.26. The number of anilines is 3. The normalized spacial score (nSPS) is 11.5. The summed E-state index contributed by atoms with van der Waals surface area (Å²) in [6.07, 6.45) is -4.58. The van der Waals surface area contributed by atoms with Crippen LogP contribution in [0, 0.1) is 5.92 Å². The summed E-state index contributed by atoms with van der Waals surface area (Å²) < 4.78 is 40.7. The number of nitrogens with one attached hydrogen (secondary N) is 2. The first-order valence-electron chi connectivity index (χ1n) is 11.0. The topological polar surface area (TPSA) is 113 Å². The predicted octanol–water partition coefficient (Wildman–Crippen LogP) is 4.05. The molecule has 0 saturated carbocycles. The second kappa shape index (κ2) is 11.0. The molecule has 0 spiro atoms. The first-order chi connectivity index (χ1) is 16.9. The number of H-pyrrole nitrogens is 1. The van der Waals surface area contributed by atoms with Gasteiger partial charge in [0.15, 0.2) is 5.69 Å². The molecule has 8 nitrogen and oxygen atoms in total. The van der Waals surface area contributed by atoms with Crippen molar-refractivity contribution in [3.8, 4) is 0 Å². The van der Waals surface area contributed by atoms with E-state index in [1.165, 1.54) is 12.1 Å². The summed E-state index contributed by atoms with van der Waals surface area (Å²) in [6, 6.07) is 12.4. The second-order valence-corrected chi connectivity index (χ2v) is 9.36. The van der Waals surface area contributed by atoms with Crippen molar-refractivity contribution in [2.75, 3.05) is 29.0 Å². The van der Waals surface area contributed by atoms with Crippen molar-refractivity contribution >= 4 is 39.0 Å². The number of benzene rings is 2. The minimum Gasteiger partial charge on any atom is -0.383 e. The van der Waals surface area contributed by atoms with E-state index in [1.54, 1.807) is 24.3 Å². The SMILES string of the molecule is CC(C)CN(C(=O)CNc1ccc(Br)c(C(F)(F)F)c1)c1c(N)n(Cc2ccccc2)c(=O)[nH]c1=O. The number of alkyl halides is 3. The van der Waals surface area contributed by atoms with E-state index in [4.69, 9.17) is 5.73 Å². The van der Waals surface area contributed by atoms with Gasteiger partial charge in [0.25, 0.3) is 5.56 Å². The van der Waals surface area contributed by atoms with Gasteiger partial charge in [0, 0.05) is 16.7 Å². The fourth-order valence-corrected chi connectivity index (χ4v) is 4.04. The zero-order chi connectivity index (χ0) is 26.6. The van der Waals surface area contributed by atoms with Crippen molar-refractivity contribution in [3.05, 3.63) is 85.0 Å². The van der Waals surface area contributed by atoms with Gasteiger partial charge in [-0.15, -0.1) is 0 Å². The van der Waals surface area contributed by atoms with Gasteiger partial charge in [0.2, 0.25) is 5.91 Å². The number of rotatable bonds is 8. The Labute approximate surface area is 213 Å². The van der Waals surface area contributed by atoms with E-state index in [9.17, 15) is 27.6 Å². The van der Waals surface area contributed by atoms with Gasteiger partial charge in [-0.1, -0.05) is 60.1 Å². The molecule has 4 N–H and O–H groups in total. The van der Waals surface area contributed by atoms with Gasteiger partial charge in [-0.05, 0) is 29.7 Å². The Balaban J connectivity index is 1.94. The molecule has 0 fully saturated rings. The Kier molecular flexibility index (Phi) is 8.28. The van der Waals surface area contributed by atoms with E-state index in [1.807, 2.05) is 19.9 Å². The van der Waals surface area contributed by atoms with Gasteiger partial charge in [-0.2, -0.15) is 13.2 Å². The van der Waals surface area contributed by atoms with E-state index in [0.717, 1.165) is 21.1 Å². The smallest absolute Gasteiger partial charge is 0.383 e. The first-order valence-corrected chi connectivity index (χ1v) is 11.7. The fourth-order valence-electron chi connectivity index (χ4n) is 3.57. The molecule has 2 aromatic carbocycles. The molecule has 0 aliphatic carbocycles. The Morgan fingerprint density at radius 1 is 1.17 bits per heavy atom.